The third-order valence-electron chi connectivity index (χ3n) is 5.42. The van der Waals surface area contributed by atoms with Crippen LogP contribution in [0.2, 0.25) is 0 Å². The van der Waals surface area contributed by atoms with Gasteiger partial charge in [0.2, 0.25) is 0 Å². The Hall–Kier alpha value is -3.60. The monoisotopic (exact) mass is 429 g/mol. The molecule has 0 spiro atoms. The number of carbonyl (C=O) groups excluding carboxylic acids is 1. The van der Waals surface area contributed by atoms with Gasteiger partial charge in [-0.2, -0.15) is 0 Å². The van der Waals surface area contributed by atoms with E-state index < -0.39 is 0 Å². The lowest BCUT2D eigenvalue weighted by atomic mass is 10.1. The second-order valence-electron chi connectivity index (χ2n) is 8.49. The first kappa shape index (κ1) is 21.6. The number of hydrogen-bond donors (Lipinski definition) is 1. The van der Waals surface area contributed by atoms with Crippen LogP contribution < -0.4 is 5.32 Å². The second kappa shape index (κ2) is 9.69. The number of anilines is 1. The van der Waals surface area contributed by atoms with Crippen LogP contribution in [0.25, 0.3) is 10.8 Å². The van der Waals surface area contributed by atoms with E-state index in [4.69, 9.17) is 0 Å². The Balaban J connectivity index is 1.54. The molecule has 0 aliphatic heterocycles. The van der Waals surface area contributed by atoms with Crippen LogP contribution in [0.1, 0.15) is 25.1 Å². The summed E-state index contributed by atoms with van der Waals surface area (Å²) in [7, 11) is 0. The van der Waals surface area contributed by atoms with Gasteiger partial charge >= 0.3 is 6.03 Å². The van der Waals surface area contributed by atoms with E-state index in [9.17, 15) is 9.18 Å². The van der Waals surface area contributed by atoms with Crippen molar-refractivity contribution in [3.05, 3.63) is 102 Å². The molecule has 0 aliphatic rings. The van der Waals surface area contributed by atoms with Crippen LogP contribution in [0.3, 0.4) is 0 Å². The highest BCUT2D eigenvalue weighted by Crippen LogP contribution is 2.24. The van der Waals surface area contributed by atoms with E-state index in [0.29, 0.717) is 25.6 Å². The fraction of sp³-hybridized carbons (Fsp3) is 0.222. The first-order valence-corrected chi connectivity index (χ1v) is 10.9. The van der Waals surface area contributed by atoms with Crippen LogP contribution in [-0.4, -0.2) is 22.0 Å². The van der Waals surface area contributed by atoms with Gasteiger partial charge < -0.3 is 14.8 Å². The Morgan fingerprint density at radius 1 is 1.00 bits per heavy atom. The van der Waals surface area contributed by atoms with Crippen molar-refractivity contribution < 1.29 is 9.18 Å². The number of halogens is 1. The van der Waals surface area contributed by atoms with Gasteiger partial charge in [-0.3, -0.25) is 0 Å². The van der Waals surface area contributed by atoms with E-state index in [1.807, 2.05) is 71.8 Å². The quantitative estimate of drug-likeness (QED) is 0.357. The number of carbonyl (C=O) groups is 1. The van der Waals surface area contributed by atoms with E-state index in [2.05, 4.69) is 23.7 Å². The summed E-state index contributed by atoms with van der Waals surface area (Å²) in [5.74, 6) is 0.0759. The van der Waals surface area contributed by atoms with Gasteiger partial charge in [0.15, 0.2) is 0 Å². The zero-order valence-electron chi connectivity index (χ0n) is 18.5. The van der Waals surface area contributed by atoms with Gasteiger partial charge in [-0.15, -0.1) is 0 Å². The van der Waals surface area contributed by atoms with Crippen LogP contribution in [0.15, 0.2) is 85.1 Å². The first-order chi connectivity index (χ1) is 15.5. The van der Waals surface area contributed by atoms with Crippen molar-refractivity contribution in [2.45, 2.75) is 26.9 Å². The summed E-state index contributed by atoms with van der Waals surface area (Å²) < 4.78 is 15.7. The molecule has 3 aromatic carbocycles. The van der Waals surface area contributed by atoms with Crippen molar-refractivity contribution in [1.82, 2.24) is 9.47 Å². The van der Waals surface area contributed by atoms with Crippen LogP contribution >= 0.6 is 0 Å². The zero-order chi connectivity index (χ0) is 22.5. The third kappa shape index (κ3) is 5.17. The van der Waals surface area contributed by atoms with E-state index in [1.54, 1.807) is 12.1 Å². The van der Waals surface area contributed by atoms with Crippen LogP contribution in [0.5, 0.6) is 0 Å². The summed E-state index contributed by atoms with van der Waals surface area (Å²) >= 11 is 0. The smallest absolute Gasteiger partial charge is 0.322 e. The average Bonchev–Trinajstić information content (AvgIpc) is 3.19. The maximum Gasteiger partial charge on any atom is 0.322 e. The summed E-state index contributed by atoms with van der Waals surface area (Å²) in [6.45, 7) is 5.85. The molecule has 4 rings (SSSR count). The Morgan fingerprint density at radius 2 is 1.78 bits per heavy atom. The maximum absolute atomic E-state index is 13.6. The Morgan fingerprint density at radius 3 is 2.59 bits per heavy atom. The molecule has 32 heavy (non-hydrogen) atoms. The highest BCUT2D eigenvalue weighted by Gasteiger charge is 2.18. The first-order valence-electron chi connectivity index (χ1n) is 10.9. The SMILES string of the molecule is CC(C)CN(Cc1cccn1Cc1cccc(F)c1)C(=O)Nc1cccc2ccccc12. The summed E-state index contributed by atoms with van der Waals surface area (Å²) in [5.41, 5.74) is 2.69. The predicted molar refractivity (Wildman–Crippen MR) is 128 cm³/mol. The summed E-state index contributed by atoms with van der Waals surface area (Å²) in [6, 6.07) is 24.4. The maximum atomic E-state index is 13.6. The van der Waals surface area contributed by atoms with Crippen molar-refractivity contribution >= 4 is 22.5 Å². The Kier molecular flexibility index (Phi) is 6.55. The van der Waals surface area contributed by atoms with Crippen molar-refractivity contribution in [2.24, 2.45) is 5.92 Å². The highest BCUT2D eigenvalue weighted by molar-refractivity contribution is 6.01. The van der Waals surface area contributed by atoms with E-state index in [0.717, 1.165) is 27.7 Å². The molecule has 0 saturated carbocycles. The number of rotatable bonds is 7. The molecule has 4 nitrogen and oxygen atoms in total. The van der Waals surface area contributed by atoms with Gasteiger partial charge in [-0.25, -0.2) is 9.18 Å². The fourth-order valence-electron chi connectivity index (χ4n) is 3.96. The minimum Gasteiger partial charge on any atom is -0.345 e. The minimum absolute atomic E-state index is 0.131. The standard InChI is InChI=1S/C27H28FN3O/c1-20(2)17-31(27(32)29-26-14-6-10-22-9-3-4-13-25(22)26)19-24-12-7-15-30(24)18-21-8-5-11-23(28)16-21/h3-16,20H,17-19H2,1-2H3,(H,29,32). The molecule has 0 radical (unpaired) electrons. The van der Waals surface area contributed by atoms with E-state index in [1.165, 1.54) is 6.07 Å². The molecule has 1 aromatic heterocycles. The molecule has 0 saturated heterocycles. The summed E-state index contributed by atoms with van der Waals surface area (Å²) in [6.07, 6.45) is 1.97. The highest BCUT2D eigenvalue weighted by atomic mass is 19.1. The molecule has 1 heterocycles. The zero-order valence-corrected chi connectivity index (χ0v) is 18.5. The Labute approximate surface area is 188 Å². The number of benzene rings is 3. The minimum atomic E-state index is -0.243. The van der Waals surface area contributed by atoms with Crippen molar-refractivity contribution in [1.29, 1.82) is 0 Å². The molecule has 2 amide bonds. The predicted octanol–water partition coefficient (Wildman–Crippen LogP) is 6.52. The number of aromatic nitrogens is 1. The van der Waals surface area contributed by atoms with Gasteiger partial charge in [-0.05, 0) is 47.2 Å². The number of fused-ring (bicyclic) bond motifs is 1. The van der Waals surface area contributed by atoms with Gasteiger partial charge in [0, 0.05) is 30.4 Å². The molecule has 0 fully saturated rings. The summed E-state index contributed by atoms with van der Waals surface area (Å²) in [4.78, 5) is 15.1. The molecule has 0 unspecified atom stereocenters. The molecule has 164 valence electrons. The largest absolute Gasteiger partial charge is 0.345 e. The van der Waals surface area contributed by atoms with Gasteiger partial charge in [0.05, 0.1) is 12.2 Å². The van der Waals surface area contributed by atoms with Crippen LogP contribution in [0, 0.1) is 11.7 Å². The topological polar surface area (TPSA) is 37.3 Å². The molecule has 0 bridgehead atoms. The second-order valence-corrected chi connectivity index (χ2v) is 8.49. The van der Waals surface area contributed by atoms with Crippen molar-refractivity contribution in [3.8, 4) is 0 Å². The summed E-state index contributed by atoms with van der Waals surface area (Å²) in [5, 5.41) is 5.21. The number of nitrogens with one attached hydrogen (secondary N) is 1. The number of amides is 2. The van der Waals surface area contributed by atoms with E-state index in [-0.39, 0.29) is 11.8 Å². The lowest BCUT2D eigenvalue weighted by Crippen LogP contribution is -2.37. The molecule has 5 heteroatoms. The van der Waals surface area contributed by atoms with Gasteiger partial charge in [0.25, 0.3) is 0 Å². The Bertz CT molecular complexity index is 1210. The van der Waals surface area contributed by atoms with E-state index >= 15 is 0 Å². The lowest BCUT2D eigenvalue weighted by molar-refractivity contribution is 0.200. The van der Waals surface area contributed by atoms with Crippen LogP contribution in [0.4, 0.5) is 14.9 Å². The van der Waals surface area contributed by atoms with Crippen molar-refractivity contribution in [2.75, 3.05) is 11.9 Å². The number of nitrogens with zero attached hydrogens (tertiary/aromatic N) is 2. The molecule has 4 aromatic rings. The lowest BCUT2D eigenvalue weighted by Gasteiger charge is -2.26. The molecule has 0 aliphatic carbocycles. The van der Waals surface area contributed by atoms with Gasteiger partial charge in [-0.1, -0.05) is 62.4 Å². The molecular formula is C27H28FN3O. The van der Waals surface area contributed by atoms with Crippen LogP contribution in [-0.2, 0) is 13.1 Å². The van der Waals surface area contributed by atoms with Gasteiger partial charge in [0.1, 0.15) is 5.82 Å². The molecular weight excluding hydrogens is 401 g/mol. The number of hydrogen-bond acceptors (Lipinski definition) is 1. The average molecular weight is 430 g/mol. The molecule has 1 N–H and O–H groups in total. The normalized spacial score (nSPS) is 11.1. The molecule has 0 atom stereocenters. The third-order valence-corrected chi connectivity index (χ3v) is 5.42. The fourth-order valence-corrected chi connectivity index (χ4v) is 3.96. The number of urea groups is 1. The van der Waals surface area contributed by atoms with Crippen molar-refractivity contribution in [3.63, 3.8) is 0 Å².